The van der Waals surface area contributed by atoms with Gasteiger partial charge in [0.1, 0.15) is 0 Å². The number of benzene rings is 7. The van der Waals surface area contributed by atoms with E-state index in [1.54, 1.807) is 0 Å². The van der Waals surface area contributed by atoms with Crippen molar-refractivity contribution in [2.24, 2.45) is 39.9 Å². The van der Waals surface area contributed by atoms with Gasteiger partial charge in [-0.3, -0.25) is 9.59 Å². The number of carbonyl (C=O) groups is 2. The summed E-state index contributed by atoms with van der Waals surface area (Å²) in [6, 6.07) is 72.1. The van der Waals surface area contributed by atoms with E-state index < -0.39 is 6.10 Å². The molecule has 653 valence electrons. The maximum Gasteiger partial charge on any atom is 0.311 e. The Labute approximate surface area is 772 Å². The molecule has 18 rings (SSSR count). The molecule has 11 aliphatic carbocycles. The van der Waals surface area contributed by atoms with Crippen molar-refractivity contribution in [1.82, 2.24) is 0 Å². The smallest absolute Gasteiger partial charge is 0.311 e. The monoisotopic (exact) mass is 1980 g/mol. The van der Waals surface area contributed by atoms with Crippen LogP contribution in [0.1, 0.15) is 206 Å². The molecule has 15 atom stereocenters. The van der Waals surface area contributed by atoms with Gasteiger partial charge in [0.15, 0.2) is 0 Å². The van der Waals surface area contributed by atoms with Crippen molar-refractivity contribution < 1.29 is 106 Å². The van der Waals surface area contributed by atoms with Gasteiger partial charge in [0.05, 0.1) is 124 Å². The number of hydrogen-bond donors (Lipinski definition) is 3. The maximum absolute atomic E-state index is 11.5. The Morgan fingerprint density at radius 2 is 0.742 bits per heavy atom. The molecule has 10 saturated carbocycles. The Morgan fingerprint density at radius 1 is 0.400 bits per heavy atom. The van der Waals surface area contributed by atoms with Crippen molar-refractivity contribution in [2.75, 3.05) is 27.4 Å². The van der Waals surface area contributed by atoms with Gasteiger partial charge in [-0.05, 0) is 186 Å². The van der Waals surface area contributed by atoms with E-state index in [1.807, 2.05) is 97.1 Å². The molecule has 10 fully saturated rings. The summed E-state index contributed by atoms with van der Waals surface area (Å²) in [5.74, 6) is -0.0401. The second-order valence-corrected chi connectivity index (χ2v) is 39.1. The summed E-state index contributed by atoms with van der Waals surface area (Å²) in [4.78, 5) is 23.1. The van der Waals surface area contributed by atoms with Crippen LogP contribution in [0.2, 0.25) is 0 Å². The molecule has 0 aliphatic heterocycles. The third kappa shape index (κ3) is 30.0. The second-order valence-electron chi connectivity index (χ2n) is 34.2. The van der Waals surface area contributed by atoms with Crippen molar-refractivity contribution in [3.8, 4) is 0 Å². The van der Waals surface area contributed by atoms with Crippen LogP contribution in [0.5, 0.6) is 0 Å². The molecule has 7 aromatic carbocycles. The Morgan fingerprint density at radius 3 is 1.12 bits per heavy atom. The number of carbonyl (C=O) groups excluding carboxylic acids is 2. The first-order chi connectivity index (χ1) is 58.1. The minimum atomic E-state index is -0.465. The summed E-state index contributed by atoms with van der Waals surface area (Å²) in [7, 11) is 2.79. The van der Waals surface area contributed by atoms with Crippen molar-refractivity contribution in [3.05, 3.63) is 276 Å². The fourth-order valence-corrected chi connectivity index (χ4v) is 21.5. The SMILES string of the molecule is BrC1(Br)CC12CCCC2OCc1ccccc1.BrC1CC12CCCC2OCc1ccccc1.C1=CC12CCCC2OCc1ccccc1.C=C1CCCC1OCc1ccccc1.COC(=O)C1CCCC1O.COC(=O)C1CCCC1OCc1ccccc1.OCC1CCCC1OCc1ccccc1.OCC1CCCC1OCc1ccccc1.[Tb]. The van der Waals surface area contributed by atoms with Crippen molar-refractivity contribution in [3.63, 3.8) is 0 Å². The zero-order valence-electron chi connectivity index (χ0n) is 70.6. The van der Waals surface area contributed by atoms with Gasteiger partial charge < -0.3 is 58.0 Å². The molecule has 11 aliphatic rings. The zero-order valence-corrected chi connectivity index (χ0v) is 77.5. The Kier molecular flexibility index (Phi) is 41.6. The minimum absolute atomic E-state index is 0. The molecule has 0 heterocycles. The Bertz CT molecular complexity index is 3990. The second kappa shape index (κ2) is 51.2. The number of methoxy groups -OCH3 is 2. The van der Waals surface area contributed by atoms with Crippen molar-refractivity contribution in [1.29, 1.82) is 0 Å². The van der Waals surface area contributed by atoms with Crippen LogP contribution in [0, 0.1) is 78.5 Å². The fourth-order valence-electron chi connectivity index (χ4n) is 18.5. The van der Waals surface area contributed by atoms with Crippen LogP contribution in [0.15, 0.2) is 237 Å². The van der Waals surface area contributed by atoms with E-state index in [4.69, 9.17) is 48.1 Å². The van der Waals surface area contributed by atoms with E-state index in [-0.39, 0.29) is 97.1 Å². The number of alkyl halides is 3. The molecular formula is C102H131Br3O14Tb. The van der Waals surface area contributed by atoms with Gasteiger partial charge in [0.2, 0.25) is 0 Å². The zero-order chi connectivity index (χ0) is 83.6. The molecule has 3 spiro atoms. The van der Waals surface area contributed by atoms with Crippen LogP contribution in [0.25, 0.3) is 0 Å². The predicted molar refractivity (Wildman–Crippen MR) is 482 cm³/mol. The van der Waals surface area contributed by atoms with E-state index in [1.165, 1.54) is 143 Å². The third-order valence-corrected chi connectivity index (χ3v) is 29.4. The molecule has 14 nitrogen and oxygen atoms in total. The number of halogens is 3. The van der Waals surface area contributed by atoms with E-state index in [0.717, 1.165) is 102 Å². The Balaban J connectivity index is 0.000000144. The number of ether oxygens (including phenoxy) is 9. The molecule has 0 aromatic heterocycles. The minimum Gasteiger partial charge on any atom is -0.469 e. The number of esters is 2. The Hall–Kier alpha value is -4.71. The summed E-state index contributed by atoms with van der Waals surface area (Å²) in [6.45, 7) is 9.44. The summed E-state index contributed by atoms with van der Waals surface area (Å²) >= 11 is 11.3. The summed E-state index contributed by atoms with van der Waals surface area (Å²) in [5.41, 5.74) is 11.1. The fraction of sp³-hybridized carbons (Fsp3) is 0.529. The largest absolute Gasteiger partial charge is 0.469 e. The number of aliphatic hydroxyl groups is 3. The van der Waals surface area contributed by atoms with Crippen LogP contribution < -0.4 is 0 Å². The number of hydrogen-bond acceptors (Lipinski definition) is 14. The first kappa shape index (κ1) is 97.5. The van der Waals surface area contributed by atoms with Gasteiger partial charge in [-0.25, -0.2) is 0 Å². The predicted octanol–water partition coefficient (Wildman–Crippen LogP) is 22.8. The molecule has 0 amide bonds. The summed E-state index contributed by atoms with van der Waals surface area (Å²) in [6.07, 6.45) is 36.0. The molecule has 7 aromatic rings. The van der Waals surface area contributed by atoms with Crippen LogP contribution in [0.3, 0.4) is 0 Å². The van der Waals surface area contributed by atoms with Gasteiger partial charge in [-0.2, -0.15) is 0 Å². The number of aliphatic hydroxyl groups excluding tert-OH is 3. The molecule has 15 unspecified atom stereocenters. The van der Waals surface area contributed by atoms with Crippen LogP contribution in [-0.4, -0.2) is 112 Å². The summed E-state index contributed by atoms with van der Waals surface area (Å²) in [5, 5.41) is 27.5. The van der Waals surface area contributed by atoms with E-state index in [0.29, 0.717) is 83.8 Å². The third-order valence-electron chi connectivity index (χ3n) is 26.0. The van der Waals surface area contributed by atoms with Gasteiger partial charge >= 0.3 is 11.9 Å². The topological polar surface area (TPSA) is 178 Å². The van der Waals surface area contributed by atoms with Crippen LogP contribution in [-0.2, 0) is 98.5 Å². The average molecular weight is 1980 g/mol. The molecule has 3 N–H and O–H groups in total. The standard InChI is InChI=1S/C14H16Br2O.C14H17BrO.C14H18O3.C14H16O.2C13H18O2.C13H16O.C7H12O3.Tb/c15-14(16)10-13(14)8-4-7-12(13)17-9-11-5-2-1-3-6-11;15-12-9-14(12)8-4-7-13(14)16-10-11-5-2-1-3-6-11;1-16-14(15)12-8-5-9-13(12)17-10-11-6-3-2-4-7-11;1-2-5-12(6-3-1)11-15-13-7-4-8-14(13)9-10-14;2*14-9-12-7-4-8-13(12)15-10-11-5-2-1-3-6-11;1-11-6-5-9-13(11)14-10-12-7-3-2-4-8-12;1-10-7(9)5-3-2-4-6(5)8;/h1-3,5-6,12H,4,7-10H2;1-3,5-6,12-13H,4,7-10H2;2-4,6-7,12-13H,5,8-10H2,1H3;1-3,5-6,9-10,13H,4,7-8,11H2;2*1-3,5-6,12-14H,4,7-10H2;2-4,7-8,13H,1,5-6,9-10H2;5-6,8H,2-4H2,1H3;. The van der Waals surface area contributed by atoms with Gasteiger partial charge in [0, 0.05) is 84.7 Å². The first-order valence-corrected chi connectivity index (χ1v) is 46.6. The van der Waals surface area contributed by atoms with Crippen LogP contribution >= 0.6 is 47.8 Å². The maximum atomic E-state index is 11.5. The normalized spacial score (nSPS) is 27.9. The van der Waals surface area contributed by atoms with Gasteiger partial charge in [-0.15, -0.1) is 0 Å². The quantitative estimate of drug-likeness (QED) is 0.0280. The molecule has 0 saturated heterocycles. The first-order valence-electron chi connectivity index (χ1n) is 44.1. The van der Waals surface area contributed by atoms with Crippen molar-refractivity contribution in [2.45, 2.75) is 270 Å². The van der Waals surface area contributed by atoms with Crippen molar-refractivity contribution >= 4 is 59.7 Å². The van der Waals surface area contributed by atoms with E-state index >= 15 is 0 Å². The van der Waals surface area contributed by atoms with E-state index in [9.17, 15) is 14.7 Å². The molecule has 0 bridgehead atoms. The average Bonchev–Trinajstić information content (AvgIpc) is 1.64. The van der Waals surface area contributed by atoms with Crippen LogP contribution in [0.4, 0.5) is 0 Å². The number of rotatable bonds is 25. The molecule has 1 radical (unpaired) electrons. The van der Waals surface area contributed by atoms with Gasteiger partial charge in [0.25, 0.3) is 0 Å². The molecule has 18 heteroatoms. The summed E-state index contributed by atoms with van der Waals surface area (Å²) < 4.78 is 51.0. The van der Waals surface area contributed by atoms with E-state index in [2.05, 4.69) is 187 Å². The molecular weight excluding hydrogens is 1850 g/mol. The van der Waals surface area contributed by atoms with Gasteiger partial charge in [-0.1, -0.05) is 305 Å². The molecule has 120 heavy (non-hydrogen) atoms.